The van der Waals surface area contributed by atoms with Gasteiger partial charge in [0.2, 0.25) is 11.0 Å². The van der Waals surface area contributed by atoms with Gasteiger partial charge in [-0.2, -0.15) is 11.8 Å². The van der Waals surface area contributed by atoms with Gasteiger partial charge in [-0.3, -0.25) is 4.79 Å². The Labute approximate surface area is 160 Å². The van der Waals surface area contributed by atoms with E-state index in [2.05, 4.69) is 15.1 Å². The summed E-state index contributed by atoms with van der Waals surface area (Å²) in [6.45, 7) is 2.55. The smallest absolute Gasteiger partial charge is 0.245 e. The van der Waals surface area contributed by atoms with Crippen molar-refractivity contribution in [3.63, 3.8) is 0 Å². The molecule has 8 heteroatoms. The summed E-state index contributed by atoms with van der Waals surface area (Å²) in [6, 6.07) is 6.36. The van der Waals surface area contributed by atoms with E-state index in [0.29, 0.717) is 6.42 Å². The summed E-state index contributed by atoms with van der Waals surface area (Å²) in [4.78, 5) is 17.0. The lowest BCUT2D eigenvalue weighted by Gasteiger charge is -2.32. The Morgan fingerprint density at radius 2 is 1.92 bits per heavy atom. The fraction of sp³-hybridized carbons (Fsp3) is 0.500. The van der Waals surface area contributed by atoms with Crippen molar-refractivity contribution >= 4 is 34.1 Å². The van der Waals surface area contributed by atoms with E-state index in [-0.39, 0.29) is 17.8 Å². The van der Waals surface area contributed by atoms with Crippen molar-refractivity contribution in [1.29, 1.82) is 0 Å². The lowest BCUT2D eigenvalue weighted by atomic mass is 10.2. The molecular weight excluding hydrogens is 371 g/mol. The molecule has 0 N–H and O–H groups in total. The van der Waals surface area contributed by atoms with Crippen molar-refractivity contribution in [2.75, 3.05) is 36.0 Å². The number of benzene rings is 1. The van der Waals surface area contributed by atoms with Gasteiger partial charge in [-0.05, 0) is 30.5 Å². The summed E-state index contributed by atoms with van der Waals surface area (Å²) in [5, 5.41) is 10.3. The second-order valence-corrected chi connectivity index (χ2v) is 8.84. The molecule has 2 aliphatic heterocycles. The molecule has 2 aromatic rings. The first-order valence-electron chi connectivity index (χ1n) is 8.91. The maximum absolute atomic E-state index is 13.0. The van der Waals surface area contributed by atoms with Crippen molar-refractivity contribution in [3.05, 3.63) is 40.7 Å². The highest BCUT2D eigenvalue weighted by Crippen LogP contribution is 2.30. The number of hydrogen-bond acceptors (Lipinski definition) is 6. The minimum atomic E-state index is -0.235. The van der Waals surface area contributed by atoms with Gasteiger partial charge in [0, 0.05) is 37.6 Å². The van der Waals surface area contributed by atoms with Crippen molar-refractivity contribution in [2.24, 2.45) is 0 Å². The van der Waals surface area contributed by atoms with Crippen molar-refractivity contribution < 1.29 is 9.18 Å². The lowest BCUT2D eigenvalue weighted by molar-refractivity contribution is -0.132. The number of aromatic nitrogens is 2. The molecule has 1 aromatic carbocycles. The molecule has 0 radical (unpaired) electrons. The molecular formula is C18H21FN4OS2. The lowest BCUT2D eigenvalue weighted by Crippen LogP contribution is -2.48. The van der Waals surface area contributed by atoms with Crippen molar-refractivity contribution in [1.82, 2.24) is 15.1 Å². The van der Waals surface area contributed by atoms with Crippen LogP contribution in [0.15, 0.2) is 24.3 Å². The molecule has 0 bridgehead atoms. The van der Waals surface area contributed by atoms with E-state index in [0.717, 1.165) is 59.7 Å². The van der Waals surface area contributed by atoms with Gasteiger partial charge >= 0.3 is 0 Å². The molecule has 2 fully saturated rings. The Hall–Kier alpha value is -1.67. The van der Waals surface area contributed by atoms with Crippen LogP contribution in [0.25, 0.3) is 0 Å². The Balaban J connectivity index is 1.45. The van der Waals surface area contributed by atoms with Gasteiger partial charge in [-0.25, -0.2) is 4.39 Å². The quantitative estimate of drug-likeness (QED) is 0.801. The zero-order chi connectivity index (χ0) is 17.9. The first-order valence-corrected chi connectivity index (χ1v) is 10.9. The Morgan fingerprint density at radius 3 is 2.69 bits per heavy atom. The van der Waals surface area contributed by atoms with E-state index in [1.165, 1.54) is 23.5 Å². The number of thioether (sulfide) groups is 1. The third kappa shape index (κ3) is 3.86. The average Bonchev–Trinajstić information content (AvgIpc) is 3.33. The molecule has 1 atom stereocenters. The fourth-order valence-corrected chi connectivity index (χ4v) is 5.31. The Morgan fingerprint density at radius 1 is 1.15 bits per heavy atom. The number of halogens is 1. The standard InChI is InChI=1S/C18H21FN4OS2/c19-14-5-3-13(4-6-14)12-16-20-21-18(26-16)23-7-1-2-15(23)17(24)22-8-10-25-11-9-22/h3-6,15H,1-2,7-12H2. The van der Waals surface area contributed by atoms with Gasteiger partial charge in [-0.15, -0.1) is 10.2 Å². The molecule has 26 heavy (non-hydrogen) atoms. The van der Waals surface area contributed by atoms with Crippen molar-refractivity contribution in [3.8, 4) is 0 Å². The first-order chi connectivity index (χ1) is 12.7. The molecule has 0 spiro atoms. The number of anilines is 1. The molecule has 1 aromatic heterocycles. The van der Waals surface area contributed by atoms with Crippen molar-refractivity contribution in [2.45, 2.75) is 25.3 Å². The molecule has 2 saturated heterocycles. The second-order valence-electron chi connectivity index (χ2n) is 6.57. The van der Waals surface area contributed by atoms with Gasteiger partial charge in [-0.1, -0.05) is 23.5 Å². The number of carbonyl (C=O) groups is 1. The van der Waals surface area contributed by atoms with Gasteiger partial charge in [0.15, 0.2) is 0 Å². The highest BCUT2D eigenvalue weighted by atomic mass is 32.2. The largest absolute Gasteiger partial charge is 0.339 e. The fourth-order valence-electron chi connectivity index (χ4n) is 3.46. The molecule has 5 nitrogen and oxygen atoms in total. The number of rotatable bonds is 4. The third-order valence-electron chi connectivity index (χ3n) is 4.83. The molecule has 4 rings (SSSR count). The number of nitrogens with zero attached hydrogens (tertiary/aromatic N) is 4. The van der Waals surface area contributed by atoms with Gasteiger partial charge in [0.05, 0.1) is 0 Å². The molecule has 138 valence electrons. The summed E-state index contributed by atoms with van der Waals surface area (Å²) >= 11 is 3.44. The van der Waals surface area contributed by atoms with E-state index in [4.69, 9.17) is 0 Å². The highest BCUT2D eigenvalue weighted by Gasteiger charge is 2.35. The summed E-state index contributed by atoms with van der Waals surface area (Å²) in [7, 11) is 0. The van der Waals surface area contributed by atoms with Crippen LogP contribution in [0.1, 0.15) is 23.4 Å². The van der Waals surface area contributed by atoms with E-state index in [1.54, 1.807) is 12.1 Å². The molecule has 2 aliphatic rings. The first kappa shape index (κ1) is 17.7. The molecule has 1 amide bonds. The predicted octanol–water partition coefficient (Wildman–Crippen LogP) is 2.81. The van der Waals surface area contributed by atoms with Crippen LogP contribution < -0.4 is 4.90 Å². The van der Waals surface area contributed by atoms with Gasteiger partial charge in [0.1, 0.15) is 16.9 Å². The second kappa shape index (κ2) is 7.92. The summed E-state index contributed by atoms with van der Waals surface area (Å²) in [5.74, 6) is 2.05. The van der Waals surface area contributed by atoms with Crippen LogP contribution in [0, 0.1) is 5.82 Å². The zero-order valence-electron chi connectivity index (χ0n) is 14.4. The average molecular weight is 393 g/mol. The minimum Gasteiger partial charge on any atom is -0.339 e. The van der Waals surface area contributed by atoms with Crippen LogP contribution in [0.4, 0.5) is 9.52 Å². The monoisotopic (exact) mass is 392 g/mol. The molecule has 0 aliphatic carbocycles. The number of carbonyl (C=O) groups excluding carboxylic acids is 1. The van der Waals surface area contributed by atoms with E-state index >= 15 is 0 Å². The van der Waals surface area contributed by atoms with E-state index < -0.39 is 0 Å². The summed E-state index contributed by atoms with van der Waals surface area (Å²) in [5.41, 5.74) is 1.01. The topological polar surface area (TPSA) is 49.3 Å². The number of amides is 1. The predicted molar refractivity (Wildman–Crippen MR) is 103 cm³/mol. The maximum Gasteiger partial charge on any atom is 0.245 e. The van der Waals surface area contributed by atoms with Crippen LogP contribution in [0.2, 0.25) is 0 Å². The zero-order valence-corrected chi connectivity index (χ0v) is 16.1. The minimum absolute atomic E-state index is 0.107. The van der Waals surface area contributed by atoms with Crippen LogP contribution >= 0.6 is 23.1 Å². The SMILES string of the molecule is O=C(C1CCCN1c1nnc(Cc2ccc(F)cc2)s1)N1CCSCC1. The van der Waals surface area contributed by atoms with E-state index in [9.17, 15) is 9.18 Å². The molecule has 1 unspecified atom stereocenters. The molecule has 3 heterocycles. The van der Waals surface area contributed by atoms with Gasteiger partial charge in [0.25, 0.3) is 0 Å². The third-order valence-corrected chi connectivity index (χ3v) is 6.73. The van der Waals surface area contributed by atoms with Crippen LogP contribution in [0.5, 0.6) is 0 Å². The van der Waals surface area contributed by atoms with E-state index in [1.807, 2.05) is 16.7 Å². The Bertz CT molecular complexity index is 761. The Kier molecular flexibility index (Phi) is 5.40. The van der Waals surface area contributed by atoms with Crippen LogP contribution in [0.3, 0.4) is 0 Å². The highest BCUT2D eigenvalue weighted by molar-refractivity contribution is 7.99. The van der Waals surface area contributed by atoms with Gasteiger partial charge < -0.3 is 9.80 Å². The number of hydrogen-bond donors (Lipinski definition) is 0. The van der Waals surface area contributed by atoms with Crippen LogP contribution in [-0.4, -0.2) is 58.2 Å². The normalized spacial score (nSPS) is 20.6. The maximum atomic E-state index is 13.0. The molecule has 0 saturated carbocycles. The van der Waals surface area contributed by atoms with Crippen LogP contribution in [-0.2, 0) is 11.2 Å². The summed E-state index contributed by atoms with van der Waals surface area (Å²) in [6.07, 6.45) is 2.52. The summed E-state index contributed by atoms with van der Waals surface area (Å²) < 4.78 is 13.0.